The summed E-state index contributed by atoms with van der Waals surface area (Å²) in [6.45, 7) is 0. The van der Waals surface area contributed by atoms with Crippen molar-refractivity contribution in [2.24, 2.45) is 5.92 Å². The molecule has 1 atom stereocenters. The van der Waals surface area contributed by atoms with E-state index in [2.05, 4.69) is 20.3 Å². The van der Waals surface area contributed by atoms with Crippen molar-refractivity contribution in [3.8, 4) is 0 Å². The van der Waals surface area contributed by atoms with Gasteiger partial charge in [-0.25, -0.2) is 4.98 Å². The fourth-order valence-electron chi connectivity index (χ4n) is 3.61. The minimum Gasteiger partial charge on any atom is -0.393 e. The Labute approximate surface area is 135 Å². The number of nitrogens with one attached hydrogen (secondary N) is 1. The van der Waals surface area contributed by atoms with Gasteiger partial charge in [0.2, 0.25) is 5.95 Å². The first-order valence-corrected chi connectivity index (χ1v) is 8.21. The number of anilines is 2. The SMILES string of the molecule is Nc1nc2c(c(N[C@@H](c3ccccn3)C3CC(O)C3)n1)CCC2. The van der Waals surface area contributed by atoms with E-state index in [1.165, 1.54) is 5.56 Å². The third-order valence-electron chi connectivity index (χ3n) is 4.87. The molecule has 0 unspecified atom stereocenters. The van der Waals surface area contributed by atoms with Crippen molar-refractivity contribution >= 4 is 11.8 Å². The lowest BCUT2D eigenvalue weighted by Crippen LogP contribution is -2.36. The maximum Gasteiger partial charge on any atom is 0.222 e. The van der Waals surface area contributed by atoms with Gasteiger partial charge in [-0.1, -0.05) is 6.07 Å². The minimum absolute atomic E-state index is 0.0404. The van der Waals surface area contributed by atoms with Crippen LogP contribution in [0.1, 0.15) is 42.3 Å². The third kappa shape index (κ3) is 2.74. The fraction of sp³-hybridized carbons (Fsp3) is 0.471. The van der Waals surface area contributed by atoms with Crippen LogP contribution in [0.25, 0.3) is 0 Å². The van der Waals surface area contributed by atoms with Crippen molar-refractivity contribution in [3.05, 3.63) is 41.3 Å². The molecule has 2 aromatic rings. The summed E-state index contributed by atoms with van der Waals surface area (Å²) in [6.07, 6.45) is 6.23. The van der Waals surface area contributed by atoms with Crippen molar-refractivity contribution in [2.45, 2.75) is 44.2 Å². The Balaban J connectivity index is 1.66. The average Bonchev–Trinajstić information content (AvgIpc) is 2.99. The third-order valence-corrected chi connectivity index (χ3v) is 4.87. The summed E-state index contributed by atoms with van der Waals surface area (Å²) in [4.78, 5) is 13.3. The highest BCUT2D eigenvalue weighted by Crippen LogP contribution is 2.40. The van der Waals surface area contributed by atoms with E-state index < -0.39 is 0 Å². The number of nitrogen functional groups attached to an aromatic ring is 1. The predicted octanol–water partition coefficient (Wildman–Crippen LogP) is 1.87. The van der Waals surface area contributed by atoms with Gasteiger partial charge in [-0.15, -0.1) is 0 Å². The largest absolute Gasteiger partial charge is 0.393 e. The van der Waals surface area contributed by atoms with Crippen LogP contribution in [0.4, 0.5) is 11.8 Å². The Kier molecular flexibility index (Phi) is 3.61. The zero-order valence-corrected chi connectivity index (χ0v) is 12.9. The van der Waals surface area contributed by atoms with Gasteiger partial charge in [-0.2, -0.15) is 4.98 Å². The van der Waals surface area contributed by atoms with Crippen LogP contribution < -0.4 is 11.1 Å². The number of aromatic nitrogens is 3. The summed E-state index contributed by atoms with van der Waals surface area (Å²) in [5, 5.41) is 13.2. The Morgan fingerprint density at radius 1 is 1.22 bits per heavy atom. The monoisotopic (exact) mass is 311 g/mol. The summed E-state index contributed by atoms with van der Waals surface area (Å²) in [5.41, 5.74) is 9.10. The lowest BCUT2D eigenvalue weighted by Gasteiger charge is -2.38. The highest BCUT2D eigenvalue weighted by Gasteiger charge is 2.36. The molecule has 0 aromatic carbocycles. The fourth-order valence-corrected chi connectivity index (χ4v) is 3.61. The summed E-state index contributed by atoms with van der Waals surface area (Å²) >= 11 is 0. The van der Waals surface area contributed by atoms with E-state index >= 15 is 0 Å². The molecular formula is C17H21N5O. The van der Waals surface area contributed by atoms with Gasteiger partial charge in [-0.3, -0.25) is 4.98 Å². The summed E-state index contributed by atoms with van der Waals surface area (Å²) in [6, 6.07) is 5.97. The molecule has 23 heavy (non-hydrogen) atoms. The first-order valence-electron chi connectivity index (χ1n) is 8.21. The summed E-state index contributed by atoms with van der Waals surface area (Å²) in [7, 11) is 0. The molecule has 1 saturated carbocycles. The molecule has 0 bridgehead atoms. The molecule has 0 radical (unpaired) electrons. The van der Waals surface area contributed by atoms with Crippen molar-refractivity contribution in [1.82, 2.24) is 15.0 Å². The molecule has 2 aliphatic rings. The highest BCUT2D eigenvalue weighted by atomic mass is 16.3. The number of nitrogens with two attached hydrogens (primary N) is 1. The number of aliphatic hydroxyl groups excluding tert-OH is 1. The average molecular weight is 311 g/mol. The number of pyridine rings is 1. The van der Waals surface area contributed by atoms with Gasteiger partial charge in [0, 0.05) is 11.8 Å². The second-order valence-corrected chi connectivity index (χ2v) is 6.47. The zero-order chi connectivity index (χ0) is 15.8. The van der Waals surface area contributed by atoms with Crippen LogP contribution in [0.3, 0.4) is 0 Å². The van der Waals surface area contributed by atoms with Crippen molar-refractivity contribution in [3.63, 3.8) is 0 Å². The first-order chi connectivity index (χ1) is 11.2. The second-order valence-electron chi connectivity index (χ2n) is 6.47. The van der Waals surface area contributed by atoms with Gasteiger partial charge in [0.05, 0.1) is 23.5 Å². The molecule has 0 aliphatic heterocycles. The van der Waals surface area contributed by atoms with Gasteiger partial charge in [0.25, 0.3) is 0 Å². The highest BCUT2D eigenvalue weighted by molar-refractivity contribution is 5.52. The Hall–Kier alpha value is -2.21. The van der Waals surface area contributed by atoms with Gasteiger partial charge in [0.1, 0.15) is 5.82 Å². The zero-order valence-electron chi connectivity index (χ0n) is 12.9. The molecular weight excluding hydrogens is 290 g/mol. The quantitative estimate of drug-likeness (QED) is 0.797. The van der Waals surface area contributed by atoms with E-state index in [0.717, 1.165) is 49.3 Å². The van der Waals surface area contributed by atoms with E-state index in [4.69, 9.17) is 5.73 Å². The number of rotatable bonds is 4. The van der Waals surface area contributed by atoms with Crippen molar-refractivity contribution < 1.29 is 5.11 Å². The number of aryl methyl sites for hydroxylation is 1. The Morgan fingerprint density at radius 2 is 2.09 bits per heavy atom. The molecule has 4 N–H and O–H groups in total. The molecule has 1 fully saturated rings. The minimum atomic E-state index is -0.200. The molecule has 6 heteroatoms. The lowest BCUT2D eigenvalue weighted by molar-refractivity contribution is 0.0333. The topological polar surface area (TPSA) is 97.0 Å². The summed E-state index contributed by atoms with van der Waals surface area (Å²) in [5.74, 6) is 1.51. The lowest BCUT2D eigenvalue weighted by atomic mass is 9.76. The maximum atomic E-state index is 9.69. The molecule has 120 valence electrons. The van der Waals surface area contributed by atoms with Crippen LogP contribution in [-0.2, 0) is 12.8 Å². The van der Waals surface area contributed by atoms with E-state index in [9.17, 15) is 5.11 Å². The molecule has 0 saturated heterocycles. The van der Waals surface area contributed by atoms with Crippen molar-refractivity contribution in [2.75, 3.05) is 11.1 Å². The molecule has 4 rings (SSSR count). The standard InChI is InChI=1S/C17H21N5O/c18-17-20-13-6-3-4-12(13)16(22-17)21-15(10-8-11(23)9-10)14-5-1-2-7-19-14/h1-2,5,7,10-11,15,23H,3-4,6,8-9H2,(H3,18,20,21,22)/t10?,11?,15-/m1/s1. The molecule has 2 aromatic heterocycles. The van der Waals surface area contributed by atoms with Gasteiger partial charge >= 0.3 is 0 Å². The maximum absolute atomic E-state index is 9.69. The molecule has 2 heterocycles. The van der Waals surface area contributed by atoms with Gasteiger partial charge < -0.3 is 16.2 Å². The van der Waals surface area contributed by atoms with Crippen LogP contribution in [0.2, 0.25) is 0 Å². The normalized spacial score (nSPS) is 23.9. The molecule has 0 amide bonds. The second kappa shape index (κ2) is 5.77. The van der Waals surface area contributed by atoms with E-state index in [-0.39, 0.29) is 12.1 Å². The predicted molar refractivity (Wildman–Crippen MR) is 87.8 cm³/mol. The number of hydrogen-bond acceptors (Lipinski definition) is 6. The van der Waals surface area contributed by atoms with Crippen molar-refractivity contribution in [1.29, 1.82) is 0 Å². The van der Waals surface area contributed by atoms with Crippen LogP contribution in [0.15, 0.2) is 24.4 Å². The van der Waals surface area contributed by atoms with Crippen LogP contribution >= 0.6 is 0 Å². The summed E-state index contributed by atoms with van der Waals surface area (Å²) < 4.78 is 0. The number of nitrogens with zero attached hydrogens (tertiary/aromatic N) is 3. The smallest absolute Gasteiger partial charge is 0.222 e. The molecule has 2 aliphatic carbocycles. The van der Waals surface area contributed by atoms with Gasteiger partial charge in [0.15, 0.2) is 0 Å². The van der Waals surface area contributed by atoms with E-state index in [1.807, 2.05) is 18.2 Å². The molecule has 6 nitrogen and oxygen atoms in total. The number of hydrogen-bond donors (Lipinski definition) is 3. The Morgan fingerprint density at radius 3 is 2.83 bits per heavy atom. The van der Waals surface area contributed by atoms with E-state index in [0.29, 0.717) is 11.9 Å². The van der Waals surface area contributed by atoms with E-state index in [1.54, 1.807) is 6.20 Å². The molecule has 0 spiro atoms. The van der Waals surface area contributed by atoms with Crippen LogP contribution in [0, 0.1) is 5.92 Å². The Bertz CT molecular complexity index is 700. The number of aliphatic hydroxyl groups is 1. The van der Waals surface area contributed by atoms with Crippen LogP contribution in [0.5, 0.6) is 0 Å². The van der Waals surface area contributed by atoms with Crippen LogP contribution in [-0.4, -0.2) is 26.2 Å². The van der Waals surface area contributed by atoms with Gasteiger partial charge in [-0.05, 0) is 50.2 Å². The first kappa shape index (κ1) is 14.4. The number of fused-ring (bicyclic) bond motifs is 1.